The summed E-state index contributed by atoms with van der Waals surface area (Å²) in [6, 6.07) is 25.3. The molecule has 0 radical (unpaired) electrons. The molecule has 0 saturated heterocycles. The number of nitrogens with zero attached hydrogens (tertiary/aromatic N) is 1. The molecule has 0 amide bonds. The number of nitriles is 1. The Labute approximate surface area is 157 Å². The van der Waals surface area contributed by atoms with Gasteiger partial charge in [-0.2, -0.15) is 5.26 Å². The van der Waals surface area contributed by atoms with Crippen LogP contribution in [0, 0.1) is 11.3 Å². The van der Waals surface area contributed by atoms with E-state index < -0.39 is 5.97 Å². The number of rotatable bonds is 7. The topological polar surface area (TPSA) is 68.5 Å². The highest BCUT2D eigenvalue weighted by molar-refractivity contribution is 5.71. The van der Waals surface area contributed by atoms with Crippen LogP contribution in [0.4, 0.5) is 0 Å². The Balaban J connectivity index is 1.43. The van der Waals surface area contributed by atoms with Crippen LogP contribution >= 0.6 is 0 Å². The molecule has 0 heterocycles. The monoisotopic (exact) mass is 359 g/mol. The fraction of sp³-hybridized carbons (Fsp3) is 0.0909. The van der Waals surface area contributed by atoms with Gasteiger partial charge in [-0.05, 0) is 54.1 Å². The molecule has 0 unspecified atom stereocenters. The lowest BCUT2D eigenvalue weighted by Gasteiger charge is -2.09. The fourth-order valence-corrected chi connectivity index (χ4v) is 2.25. The average molecular weight is 359 g/mol. The molecular weight excluding hydrogens is 342 g/mol. The van der Waals surface area contributed by atoms with Gasteiger partial charge in [0.25, 0.3) is 0 Å². The van der Waals surface area contributed by atoms with E-state index in [0.29, 0.717) is 17.1 Å². The summed E-state index contributed by atoms with van der Waals surface area (Å²) in [7, 11) is 0. The first kappa shape index (κ1) is 18.0. The third-order valence-corrected chi connectivity index (χ3v) is 3.64. The van der Waals surface area contributed by atoms with Crippen LogP contribution in [0.25, 0.3) is 0 Å². The van der Waals surface area contributed by atoms with Gasteiger partial charge in [0.1, 0.15) is 23.9 Å². The molecule has 3 aromatic rings. The van der Waals surface area contributed by atoms with Crippen molar-refractivity contribution in [3.05, 3.63) is 90.0 Å². The normalized spacial score (nSPS) is 9.89. The highest BCUT2D eigenvalue weighted by Gasteiger charge is 2.06. The Bertz CT molecular complexity index is 913. The minimum Gasteiger partial charge on any atom is -0.482 e. The second-order valence-corrected chi connectivity index (χ2v) is 5.64. The Morgan fingerprint density at radius 2 is 1.44 bits per heavy atom. The maximum atomic E-state index is 11.8. The van der Waals surface area contributed by atoms with Crippen LogP contribution in [0.5, 0.6) is 17.2 Å². The number of para-hydroxylation sites is 1. The van der Waals surface area contributed by atoms with E-state index >= 15 is 0 Å². The minimum atomic E-state index is -0.469. The van der Waals surface area contributed by atoms with Crippen LogP contribution in [0.15, 0.2) is 78.9 Å². The van der Waals surface area contributed by atoms with E-state index in [0.717, 1.165) is 11.3 Å². The zero-order valence-electron chi connectivity index (χ0n) is 14.5. The lowest BCUT2D eigenvalue weighted by Crippen LogP contribution is -2.14. The number of esters is 1. The number of carbonyl (C=O) groups excluding carboxylic acids is 1. The van der Waals surface area contributed by atoms with Crippen molar-refractivity contribution in [1.29, 1.82) is 5.26 Å². The molecule has 0 atom stereocenters. The second-order valence-electron chi connectivity index (χ2n) is 5.64. The predicted octanol–water partition coefficient (Wildman–Crippen LogP) is 4.47. The van der Waals surface area contributed by atoms with Crippen LogP contribution in [0.1, 0.15) is 11.1 Å². The first-order chi connectivity index (χ1) is 13.2. The van der Waals surface area contributed by atoms with Crippen molar-refractivity contribution >= 4 is 5.97 Å². The molecule has 0 aliphatic heterocycles. The van der Waals surface area contributed by atoms with Crippen LogP contribution in [-0.4, -0.2) is 12.6 Å². The summed E-state index contributed by atoms with van der Waals surface area (Å²) in [4.78, 5) is 11.8. The van der Waals surface area contributed by atoms with Gasteiger partial charge in [0.05, 0.1) is 11.6 Å². The fourth-order valence-electron chi connectivity index (χ4n) is 2.25. The number of ether oxygens (including phenoxy) is 3. The number of hydrogen-bond acceptors (Lipinski definition) is 5. The van der Waals surface area contributed by atoms with Gasteiger partial charge in [-0.3, -0.25) is 0 Å². The number of benzene rings is 3. The SMILES string of the molecule is N#Cc1ccc(COC(=O)COc2ccc(Oc3ccccc3)cc2)cc1. The van der Waals surface area contributed by atoms with Crippen molar-refractivity contribution in [2.75, 3.05) is 6.61 Å². The van der Waals surface area contributed by atoms with Crippen molar-refractivity contribution in [2.45, 2.75) is 6.61 Å². The molecule has 0 aliphatic carbocycles. The zero-order chi connectivity index (χ0) is 18.9. The van der Waals surface area contributed by atoms with Gasteiger partial charge in [0, 0.05) is 0 Å². The molecule has 3 rings (SSSR count). The summed E-state index contributed by atoms with van der Waals surface area (Å²) >= 11 is 0. The standard InChI is InChI=1S/C22H17NO4/c23-14-17-6-8-18(9-7-17)15-26-22(24)16-25-19-10-12-21(13-11-19)27-20-4-2-1-3-5-20/h1-13H,15-16H2. The summed E-state index contributed by atoms with van der Waals surface area (Å²) < 4.78 is 16.3. The molecule has 0 bridgehead atoms. The van der Waals surface area contributed by atoms with E-state index in [2.05, 4.69) is 0 Å². The molecule has 5 heteroatoms. The summed E-state index contributed by atoms with van der Waals surface area (Å²) in [6.07, 6.45) is 0. The van der Waals surface area contributed by atoms with E-state index in [4.69, 9.17) is 19.5 Å². The van der Waals surface area contributed by atoms with Gasteiger partial charge in [0.2, 0.25) is 0 Å². The molecule has 3 aromatic carbocycles. The molecular formula is C22H17NO4. The maximum Gasteiger partial charge on any atom is 0.344 e. The highest BCUT2D eigenvalue weighted by atomic mass is 16.6. The maximum absolute atomic E-state index is 11.8. The van der Waals surface area contributed by atoms with Crippen LogP contribution in [0.2, 0.25) is 0 Å². The van der Waals surface area contributed by atoms with Gasteiger partial charge >= 0.3 is 5.97 Å². The van der Waals surface area contributed by atoms with E-state index in [9.17, 15) is 4.79 Å². The van der Waals surface area contributed by atoms with Gasteiger partial charge in [-0.1, -0.05) is 30.3 Å². The molecule has 0 aromatic heterocycles. The van der Waals surface area contributed by atoms with Gasteiger partial charge in [-0.25, -0.2) is 4.79 Å². The summed E-state index contributed by atoms with van der Waals surface area (Å²) in [5.41, 5.74) is 1.37. The van der Waals surface area contributed by atoms with Gasteiger partial charge < -0.3 is 14.2 Å². The van der Waals surface area contributed by atoms with E-state index in [1.807, 2.05) is 36.4 Å². The molecule has 0 saturated carbocycles. The van der Waals surface area contributed by atoms with Crippen molar-refractivity contribution in [3.63, 3.8) is 0 Å². The number of carbonyl (C=O) groups is 1. The zero-order valence-corrected chi connectivity index (χ0v) is 14.5. The van der Waals surface area contributed by atoms with Crippen molar-refractivity contribution in [2.24, 2.45) is 0 Å². The van der Waals surface area contributed by atoms with Crippen LogP contribution < -0.4 is 9.47 Å². The molecule has 27 heavy (non-hydrogen) atoms. The highest BCUT2D eigenvalue weighted by Crippen LogP contribution is 2.23. The van der Waals surface area contributed by atoms with Crippen LogP contribution in [0.3, 0.4) is 0 Å². The second kappa shape index (κ2) is 9.07. The predicted molar refractivity (Wildman–Crippen MR) is 99.4 cm³/mol. The smallest absolute Gasteiger partial charge is 0.344 e. The van der Waals surface area contributed by atoms with Crippen molar-refractivity contribution < 1.29 is 19.0 Å². The first-order valence-electron chi connectivity index (χ1n) is 8.33. The summed E-state index contributed by atoms with van der Waals surface area (Å²) in [6.45, 7) is -0.0487. The molecule has 0 aliphatic rings. The van der Waals surface area contributed by atoms with Crippen LogP contribution in [-0.2, 0) is 16.1 Å². The largest absolute Gasteiger partial charge is 0.482 e. The summed E-state index contributed by atoms with van der Waals surface area (Å²) in [5.74, 6) is 1.50. The van der Waals surface area contributed by atoms with Crippen molar-refractivity contribution in [1.82, 2.24) is 0 Å². The lowest BCUT2D eigenvalue weighted by atomic mass is 10.2. The molecule has 134 valence electrons. The Kier molecular flexibility index (Phi) is 6.05. The molecule has 0 N–H and O–H groups in total. The van der Waals surface area contributed by atoms with Gasteiger partial charge in [-0.15, -0.1) is 0 Å². The molecule has 5 nitrogen and oxygen atoms in total. The van der Waals surface area contributed by atoms with E-state index in [1.54, 1.807) is 48.5 Å². The van der Waals surface area contributed by atoms with E-state index in [1.165, 1.54) is 0 Å². The minimum absolute atomic E-state index is 0.137. The average Bonchev–Trinajstić information content (AvgIpc) is 2.73. The number of hydrogen-bond donors (Lipinski definition) is 0. The quantitative estimate of drug-likeness (QED) is 0.582. The van der Waals surface area contributed by atoms with Gasteiger partial charge in [0.15, 0.2) is 6.61 Å². The Hall–Kier alpha value is -3.78. The molecule has 0 spiro atoms. The Morgan fingerprint density at radius 1 is 0.815 bits per heavy atom. The third-order valence-electron chi connectivity index (χ3n) is 3.64. The van der Waals surface area contributed by atoms with Crippen molar-refractivity contribution in [3.8, 4) is 23.3 Å². The Morgan fingerprint density at radius 3 is 2.11 bits per heavy atom. The lowest BCUT2D eigenvalue weighted by molar-refractivity contribution is -0.147. The first-order valence-corrected chi connectivity index (χ1v) is 8.33. The van der Waals surface area contributed by atoms with E-state index in [-0.39, 0.29) is 13.2 Å². The third kappa shape index (κ3) is 5.62. The molecule has 0 fully saturated rings. The summed E-state index contributed by atoms with van der Waals surface area (Å²) in [5, 5.41) is 8.76.